The molecule has 0 radical (unpaired) electrons. The number of aliphatic hydroxyl groups is 2. The molecule has 0 amide bonds. The molecule has 0 saturated carbocycles. The van der Waals surface area contributed by atoms with Gasteiger partial charge in [0.25, 0.3) is 5.56 Å². The molecule has 1 saturated heterocycles. The number of phosphoric acid groups is 1. The lowest BCUT2D eigenvalue weighted by atomic mass is 10.1. The van der Waals surface area contributed by atoms with Crippen molar-refractivity contribution in [1.82, 2.24) is 19.5 Å². The number of nitrogens with two attached hydrogens (primary N) is 1. The zero-order valence-corrected chi connectivity index (χ0v) is 14.1. The minimum Gasteiger partial charge on any atom is -0.387 e. The number of aromatic nitrogens is 4. The highest BCUT2D eigenvalue weighted by Crippen LogP contribution is 2.42. The van der Waals surface area contributed by atoms with Crippen LogP contribution in [0, 0.1) is 0 Å². The molecule has 2 aromatic rings. The highest BCUT2D eigenvalue weighted by Gasteiger charge is 2.49. The SMILES string of the molecule is COC(OP(=O)(O)O)[C@H]1O[C@@H](n2cnc3c(=O)[nH]c(N)nc32)[C@H](O)[C@@H]1O. The van der Waals surface area contributed by atoms with Crippen molar-refractivity contribution in [2.45, 2.75) is 30.8 Å². The first kappa shape index (κ1) is 18.9. The van der Waals surface area contributed by atoms with Crippen molar-refractivity contribution in [2.75, 3.05) is 12.8 Å². The summed E-state index contributed by atoms with van der Waals surface area (Å²) in [5.74, 6) is -0.201. The number of nitrogen functional groups attached to an aromatic ring is 1. The normalized spacial score (nSPS) is 27.9. The van der Waals surface area contributed by atoms with Gasteiger partial charge in [-0.25, -0.2) is 9.55 Å². The second-order valence-electron chi connectivity index (χ2n) is 5.45. The monoisotopic (exact) mass is 393 g/mol. The van der Waals surface area contributed by atoms with Crippen LogP contribution in [0.2, 0.25) is 0 Å². The van der Waals surface area contributed by atoms with E-state index in [1.807, 2.05) is 0 Å². The number of hydrogen-bond acceptors (Lipinski definition) is 10. The number of fused-ring (bicyclic) bond motifs is 1. The molecule has 3 heterocycles. The van der Waals surface area contributed by atoms with Crippen LogP contribution in [0.15, 0.2) is 11.1 Å². The number of aromatic amines is 1. The first-order valence-corrected chi connectivity index (χ1v) is 8.66. The van der Waals surface area contributed by atoms with Crippen LogP contribution in [0.4, 0.5) is 5.95 Å². The smallest absolute Gasteiger partial charge is 0.387 e. The second-order valence-corrected chi connectivity index (χ2v) is 6.64. The van der Waals surface area contributed by atoms with Crippen LogP contribution in [-0.4, -0.2) is 71.2 Å². The zero-order chi connectivity index (χ0) is 19.2. The Morgan fingerprint density at radius 3 is 2.73 bits per heavy atom. The van der Waals surface area contributed by atoms with Crippen LogP contribution >= 0.6 is 7.82 Å². The van der Waals surface area contributed by atoms with Gasteiger partial charge in [0.05, 0.1) is 6.33 Å². The lowest BCUT2D eigenvalue weighted by Gasteiger charge is -2.24. The first-order chi connectivity index (χ1) is 12.1. The van der Waals surface area contributed by atoms with E-state index in [-0.39, 0.29) is 17.1 Å². The molecule has 15 heteroatoms. The van der Waals surface area contributed by atoms with E-state index < -0.39 is 44.2 Å². The molecule has 2 aromatic heterocycles. The third-order valence-corrected chi connectivity index (χ3v) is 4.22. The Labute approximate surface area is 144 Å². The summed E-state index contributed by atoms with van der Waals surface area (Å²) >= 11 is 0. The van der Waals surface area contributed by atoms with Gasteiger partial charge in [0.15, 0.2) is 23.7 Å². The molecular formula is C11H16N5O9P. The van der Waals surface area contributed by atoms with Gasteiger partial charge in [-0.2, -0.15) is 4.98 Å². The Bertz CT molecular complexity index is 909. The number of methoxy groups -OCH3 is 1. The van der Waals surface area contributed by atoms with E-state index in [2.05, 4.69) is 19.5 Å². The molecule has 1 aliphatic rings. The lowest BCUT2D eigenvalue weighted by Crippen LogP contribution is -2.40. The predicted molar refractivity (Wildman–Crippen MR) is 82.4 cm³/mol. The van der Waals surface area contributed by atoms with Crippen molar-refractivity contribution in [3.63, 3.8) is 0 Å². The van der Waals surface area contributed by atoms with Crippen molar-refractivity contribution < 1.29 is 38.6 Å². The fourth-order valence-electron chi connectivity index (χ4n) is 2.64. The van der Waals surface area contributed by atoms with Gasteiger partial charge < -0.3 is 35.2 Å². The molecule has 26 heavy (non-hydrogen) atoms. The number of H-pyrrole nitrogens is 1. The number of nitrogens with one attached hydrogen (secondary N) is 1. The number of hydrogen-bond donors (Lipinski definition) is 6. The Balaban J connectivity index is 1.95. The Hall–Kier alpha value is -1.90. The molecule has 0 aliphatic carbocycles. The predicted octanol–water partition coefficient (Wildman–Crippen LogP) is -2.60. The summed E-state index contributed by atoms with van der Waals surface area (Å²) in [6.45, 7) is 0. The molecule has 7 N–H and O–H groups in total. The average Bonchev–Trinajstić information content (AvgIpc) is 3.07. The number of nitrogens with zero attached hydrogens (tertiary/aromatic N) is 3. The number of anilines is 1. The summed E-state index contributed by atoms with van der Waals surface area (Å²) < 4.78 is 26.8. The van der Waals surface area contributed by atoms with Crippen LogP contribution in [0.3, 0.4) is 0 Å². The van der Waals surface area contributed by atoms with E-state index in [0.29, 0.717) is 0 Å². The number of imidazole rings is 1. The van der Waals surface area contributed by atoms with Gasteiger partial charge >= 0.3 is 7.82 Å². The fourth-order valence-corrected chi connectivity index (χ4v) is 3.12. The third kappa shape index (κ3) is 3.36. The second kappa shape index (κ2) is 6.68. The molecule has 0 spiro atoms. The first-order valence-electron chi connectivity index (χ1n) is 7.13. The maximum absolute atomic E-state index is 11.8. The summed E-state index contributed by atoms with van der Waals surface area (Å²) in [6.07, 6.45) is -6.50. The van der Waals surface area contributed by atoms with E-state index in [1.54, 1.807) is 0 Å². The van der Waals surface area contributed by atoms with Gasteiger partial charge in [-0.15, -0.1) is 0 Å². The fraction of sp³-hybridized carbons (Fsp3) is 0.545. The van der Waals surface area contributed by atoms with Crippen LogP contribution in [0.1, 0.15) is 6.23 Å². The molecule has 3 rings (SSSR count). The van der Waals surface area contributed by atoms with Crippen LogP contribution < -0.4 is 11.3 Å². The quantitative estimate of drug-likeness (QED) is 0.228. The number of ether oxygens (including phenoxy) is 2. The highest BCUT2D eigenvalue weighted by molar-refractivity contribution is 7.46. The zero-order valence-electron chi connectivity index (χ0n) is 13.2. The van der Waals surface area contributed by atoms with Gasteiger partial charge in [-0.05, 0) is 0 Å². The van der Waals surface area contributed by atoms with Crippen LogP contribution in [0.5, 0.6) is 0 Å². The van der Waals surface area contributed by atoms with Gasteiger partial charge in [-0.3, -0.25) is 18.9 Å². The number of rotatable bonds is 5. The van der Waals surface area contributed by atoms with E-state index >= 15 is 0 Å². The minimum absolute atomic E-state index is 0.0203. The summed E-state index contributed by atoms with van der Waals surface area (Å²) in [4.78, 5) is 39.7. The maximum Gasteiger partial charge on any atom is 0.472 e. The topological polar surface area (TPSA) is 215 Å². The van der Waals surface area contributed by atoms with Crippen molar-refractivity contribution in [1.29, 1.82) is 0 Å². The van der Waals surface area contributed by atoms with Gasteiger partial charge in [-0.1, -0.05) is 0 Å². The minimum atomic E-state index is -4.96. The van der Waals surface area contributed by atoms with Crippen molar-refractivity contribution >= 4 is 24.9 Å². The van der Waals surface area contributed by atoms with Crippen molar-refractivity contribution in [2.24, 2.45) is 0 Å². The van der Waals surface area contributed by atoms with E-state index in [1.165, 1.54) is 0 Å². The van der Waals surface area contributed by atoms with E-state index in [0.717, 1.165) is 18.0 Å². The highest BCUT2D eigenvalue weighted by atomic mass is 31.2. The summed E-state index contributed by atoms with van der Waals surface area (Å²) in [5, 5.41) is 20.4. The van der Waals surface area contributed by atoms with Gasteiger partial charge in [0.1, 0.15) is 18.3 Å². The van der Waals surface area contributed by atoms with Gasteiger partial charge in [0, 0.05) is 7.11 Å². The van der Waals surface area contributed by atoms with Crippen LogP contribution in [0.25, 0.3) is 11.2 Å². The van der Waals surface area contributed by atoms with Crippen molar-refractivity contribution in [3.05, 3.63) is 16.7 Å². The maximum atomic E-state index is 11.8. The van der Waals surface area contributed by atoms with Crippen molar-refractivity contribution in [3.8, 4) is 0 Å². The molecule has 14 nitrogen and oxygen atoms in total. The molecule has 144 valence electrons. The summed E-state index contributed by atoms with van der Waals surface area (Å²) in [6, 6.07) is 0. The Morgan fingerprint density at radius 1 is 1.42 bits per heavy atom. The standard InChI is InChI=1S/C11H16N5O9P/c1-23-10(25-26(20,21)22)6-4(17)5(18)9(24-6)16-2-13-3-7(16)14-11(12)15-8(3)19/h2,4-6,9-10,17-18H,1H3,(H2,20,21,22)(H3,12,14,15,19)/t4-,5+,6-,9+,10?/m0/s1. The van der Waals surface area contributed by atoms with E-state index in [4.69, 9.17) is 25.0 Å². The van der Waals surface area contributed by atoms with E-state index in [9.17, 15) is 19.6 Å². The molecule has 0 bridgehead atoms. The Morgan fingerprint density at radius 2 is 2.12 bits per heavy atom. The van der Waals surface area contributed by atoms with Gasteiger partial charge in [0.2, 0.25) is 5.95 Å². The largest absolute Gasteiger partial charge is 0.472 e. The molecule has 5 atom stereocenters. The third-order valence-electron chi connectivity index (χ3n) is 3.74. The molecule has 1 aliphatic heterocycles. The Kier molecular flexibility index (Phi) is 4.85. The molecular weight excluding hydrogens is 377 g/mol. The number of aliphatic hydroxyl groups excluding tert-OH is 2. The summed E-state index contributed by atoms with van der Waals surface area (Å²) in [5.41, 5.74) is 4.78. The number of phosphoric ester groups is 1. The summed E-state index contributed by atoms with van der Waals surface area (Å²) in [7, 11) is -3.89. The van der Waals surface area contributed by atoms with Crippen LogP contribution in [-0.2, 0) is 18.6 Å². The molecule has 1 unspecified atom stereocenters. The molecule has 1 fully saturated rings. The molecule has 0 aromatic carbocycles. The average molecular weight is 393 g/mol. The lowest BCUT2D eigenvalue weighted by molar-refractivity contribution is -0.175.